The first-order chi connectivity index (χ1) is 12.0. The lowest BCUT2D eigenvalue weighted by molar-refractivity contribution is 0.174. The number of ether oxygens (including phenoxy) is 2. The van der Waals surface area contributed by atoms with Crippen LogP contribution in [0.1, 0.15) is 17.2 Å². The topological polar surface area (TPSA) is 42.5 Å². The van der Waals surface area contributed by atoms with E-state index in [9.17, 15) is 4.39 Å². The fourth-order valence-electron chi connectivity index (χ4n) is 2.72. The van der Waals surface area contributed by atoms with Gasteiger partial charge in [0.1, 0.15) is 5.82 Å². The molecule has 2 N–H and O–H groups in total. The zero-order valence-electron chi connectivity index (χ0n) is 12.6. The Morgan fingerprint density at radius 1 is 1.08 bits per heavy atom. The Balaban J connectivity index is 1.74. The summed E-state index contributed by atoms with van der Waals surface area (Å²) in [5, 5.41) is 6.87. The second kappa shape index (κ2) is 6.37. The van der Waals surface area contributed by atoms with Crippen molar-refractivity contribution >= 4 is 46.2 Å². The van der Waals surface area contributed by atoms with Crippen molar-refractivity contribution in [1.82, 2.24) is 10.6 Å². The molecule has 2 aromatic carbocycles. The standard InChI is InChI=1S/C17H11Cl2FN2O2S/c18-10-5-11(19)12(20)4-9(10)14-6-13(21-17(25)22-14)8-1-2-15-16(3-8)24-7-23-15/h1-6,13H,7H2,(H2,21,22,25). The molecule has 0 bridgehead atoms. The van der Waals surface area contributed by atoms with Crippen LogP contribution in [-0.4, -0.2) is 11.9 Å². The molecule has 1 atom stereocenters. The monoisotopic (exact) mass is 396 g/mol. The van der Waals surface area contributed by atoms with Crippen molar-refractivity contribution in [1.29, 1.82) is 0 Å². The Morgan fingerprint density at radius 3 is 2.72 bits per heavy atom. The summed E-state index contributed by atoms with van der Waals surface area (Å²) in [6.45, 7) is 0.206. The smallest absolute Gasteiger partial charge is 0.231 e. The first-order valence-electron chi connectivity index (χ1n) is 7.35. The fourth-order valence-corrected chi connectivity index (χ4v) is 3.44. The van der Waals surface area contributed by atoms with Crippen molar-refractivity contribution in [2.45, 2.75) is 6.04 Å². The number of fused-ring (bicyclic) bond motifs is 1. The molecule has 4 rings (SSSR count). The lowest BCUT2D eigenvalue weighted by Crippen LogP contribution is -2.40. The quantitative estimate of drug-likeness (QED) is 0.580. The van der Waals surface area contributed by atoms with Gasteiger partial charge in [0.2, 0.25) is 6.79 Å². The van der Waals surface area contributed by atoms with Crippen molar-refractivity contribution in [3.63, 3.8) is 0 Å². The third kappa shape index (κ3) is 3.13. The van der Waals surface area contributed by atoms with Crippen LogP contribution in [0.5, 0.6) is 11.5 Å². The third-order valence-corrected chi connectivity index (χ3v) is 4.75. The van der Waals surface area contributed by atoms with Gasteiger partial charge in [-0.25, -0.2) is 4.39 Å². The summed E-state index contributed by atoms with van der Waals surface area (Å²) in [5.41, 5.74) is 2.02. The lowest BCUT2D eigenvalue weighted by atomic mass is 10.0. The highest BCUT2D eigenvalue weighted by atomic mass is 35.5. The Labute approximate surface area is 158 Å². The van der Waals surface area contributed by atoms with Gasteiger partial charge in [-0.15, -0.1) is 0 Å². The largest absolute Gasteiger partial charge is 0.454 e. The summed E-state index contributed by atoms with van der Waals surface area (Å²) in [7, 11) is 0. The number of nitrogens with one attached hydrogen (secondary N) is 2. The second-order valence-electron chi connectivity index (χ2n) is 5.52. The summed E-state index contributed by atoms with van der Waals surface area (Å²) in [4.78, 5) is 0. The van der Waals surface area contributed by atoms with E-state index in [-0.39, 0.29) is 17.9 Å². The van der Waals surface area contributed by atoms with Crippen molar-refractivity contribution < 1.29 is 13.9 Å². The maximum Gasteiger partial charge on any atom is 0.231 e. The molecular formula is C17H11Cl2FN2O2S. The highest BCUT2D eigenvalue weighted by Gasteiger charge is 2.23. The van der Waals surface area contributed by atoms with Crippen molar-refractivity contribution in [2.75, 3.05) is 6.79 Å². The molecular weight excluding hydrogens is 386 g/mol. The van der Waals surface area contributed by atoms with Crippen LogP contribution in [0.2, 0.25) is 10.0 Å². The van der Waals surface area contributed by atoms with Crippen LogP contribution in [0, 0.1) is 5.82 Å². The number of rotatable bonds is 2. The van der Waals surface area contributed by atoms with Gasteiger partial charge in [-0.1, -0.05) is 29.3 Å². The molecule has 0 spiro atoms. The zero-order chi connectivity index (χ0) is 17.6. The summed E-state index contributed by atoms with van der Waals surface area (Å²) in [6.07, 6.45) is 1.88. The Morgan fingerprint density at radius 2 is 1.88 bits per heavy atom. The summed E-state index contributed by atoms with van der Waals surface area (Å²) >= 11 is 17.3. The molecule has 2 aliphatic heterocycles. The van der Waals surface area contributed by atoms with E-state index in [1.165, 1.54) is 12.1 Å². The van der Waals surface area contributed by atoms with Gasteiger partial charge in [0.25, 0.3) is 0 Å². The van der Waals surface area contributed by atoms with E-state index >= 15 is 0 Å². The molecule has 0 aliphatic carbocycles. The van der Waals surface area contributed by atoms with E-state index < -0.39 is 5.82 Å². The first kappa shape index (κ1) is 16.4. The third-order valence-electron chi connectivity index (χ3n) is 3.92. The van der Waals surface area contributed by atoms with Gasteiger partial charge in [-0.3, -0.25) is 0 Å². The minimum absolute atomic E-state index is 0.0295. The van der Waals surface area contributed by atoms with Gasteiger partial charge >= 0.3 is 0 Å². The molecule has 8 heteroatoms. The van der Waals surface area contributed by atoms with E-state index in [2.05, 4.69) is 10.6 Å². The highest BCUT2D eigenvalue weighted by molar-refractivity contribution is 7.80. The van der Waals surface area contributed by atoms with E-state index in [1.807, 2.05) is 24.3 Å². The molecule has 2 heterocycles. The minimum atomic E-state index is -0.548. The highest BCUT2D eigenvalue weighted by Crippen LogP contribution is 2.36. The predicted molar refractivity (Wildman–Crippen MR) is 98.6 cm³/mol. The van der Waals surface area contributed by atoms with E-state index in [4.69, 9.17) is 44.9 Å². The van der Waals surface area contributed by atoms with Crippen LogP contribution in [0.4, 0.5) is 4.39 Å². The molecule has 1 unspecified atom stereocenters. The van der Waals surface area contributed by atoms with Crippen LogP contribution in [0.25, 0.3) is 5.70 Å². The van der Waals surface area contributed by atoms with E-state index in [0.29, 0.717) is 32.9 Å². The van der Waals surface area contributed by atoms with Gasteiger partial charge in [0.15, 0.2) is 16.6 Å². The molecule has 0 saturated carbocycles. The molecule has 0 radical (unpaired) electrons. The van der Waals surface area contributed by atoms with Gasteiger partial charge in [-0.05, 0) is 48.1 Å². The Hall–Kier alpha value is -2.02. The normalized spacial score (nSPS) is 18.4. The molecule has 0 saturated heterocycles. The first-order valence-corrected chi connectivity index (χ1v) is 8.51. The van der Waals surface area contributed by atoms with E-state index in [1.54, 1.807) is 0 Å². The molecule has 2 aliphatic rings. The second-order valence-corrected chi connectivity index (χ2v) is 6.74. The molecule has 128 valence electrons. The van der Waals surface area contributed by atoms with E-state index in [0.717, 1.165) is 5.56 Å². The average molecular weight is 397 g/mol. The Bertz CT molecular complexity index is 920. The van der Waals surface area contributed by atoms with Crippen molar-refractivity contribution in [2.24, 2.45) is 0 Å². The predicted octanol–water partition coefficient (Wildman–Crippen LogP) is 4.42. The van der Waals surface area contributed by atoms with Crippen LogP contribution in [-0.2, 0) is 0 Å². The zero-order valence-corrected chi connectivity index (χ0v) is 14.9. The molecule has 4 nitrogen and oxygen atoms in total. The molecule has 25 heavy (non-hydrogen) atoms. The average Bonchev–Trinajstić information content (AvgIpc) is 3.05. The number of benzene rings is 2. The minimum Gasteiger partial charge on any atom is -0.454 e. The van der Waals surface area contributed by atoms with Crippen molar-refractivity contribution in [3.8, 4) is 11.5 Å². The van der Waals surface area contributed by atoms with Gasteiger partial charge in [0.05, 0.1) is 16.1 Å². The maximum absolute atomic E-state index is 13.9. The number of hydrogen-bond donors (Lipinski definition) is 2. The number of halogens is 3. The summed E-state index contributed by atoms with van der Waals surface area (Å²) in [5.74, 6) is 0.828. The fraction of sp³-hybridized carbons (Fsp3) is 0.118. The Kier molecular flexibility index (Phi) is 4.19. The number of hydrogen-bond acceptors (Lipinski definition) is 3. The van der Waals surface area contributed by atoms with Gasteiger partial charge in [0, 0.05) is 11.3 Å². The summed E-state index contributed by atoms with van der Waals surface area (Å²) < 4.78 is 24.6. The summed E-state index contributed by atoms with van der Waals surface area (Å²) in [6, 6.07) is 8.06. The molecule has 2 aromatic rings. The van der Waals surface area contributed by atoms with Crippen molar-refractivity contribution in [3.05, 3.63) is 63.4 Å². The van der Waals surface area contributed by atoms with Gasteiger partial charge < -0.3 is 20.1 Å². The lowest BCUT2D eigenvalue weighted by Gasteiger charge is -2.27. The number of thiocarbonyl (C=S) groups is 1. The maximum atomic E-state index is 13.9. The van der Waals surface area contributed by atoms with Crippen LogP contribution < -0.4 is 20.1 Å². The molecule has 0 aromatic heterocycles. The van der Waals surface area contributed by atoms with Gasteiger partial charge in [-0.2, -0.15) is 0 Å². The van der Waals surface area contributed by atoms with Crippen LogP contribution in [0.3, 0.4) is 0 Å². The molecule has 0 amide bonds. The SMILES string of the molecule is Fc1cc(C2=CC(c3ccc4c(c3)OCO4)NC(=S)N2)c(Cl)cc1Cl. The van der Waals surface area contributed by atoms with Crippen LogP contribution in [0.15, 0.2) is 36.4 Å². The molecule has 0 fully saturated rings. The van der Waals surface area contributed by atoms with Crippen LogP contribution >= 0.6 is 35.4 Å².